The molecule has 0 aromatic heterocycles. The van der Waals surface area contributed by atoms with Crippen molar-refractivity contribution in [1.82, 2.24) is 0 Å². The summed E-state index contributed by atoms with van der Waals surface area (Å²) in [5, 5.41) is 0. The van der Waals surface area contributed by atoms with Crippen LogP contribution in [0.25, 0.3) is 0 Å². The number of hydrogen-bond acceptors (Lipinski definition) is 1. The van der Waals surface area contributed by atoms with Crippen molar-refractivity contribution >= 4 is 0 Å². The highest BCUT2D eigenvalue weighted by Gasteiger charge is 2.55. The molecule has 2 aliphatic carbocycles. The molecule has 76 valence electrons. The summed E-state index contributed by atoms with van der Waals surface area (Å²) < 4.78 is 0. The van der Waals surface area contributed by atoms with Gasteiger partial charge in [-0.2, -0.15) is 0 Å². The molecule has 1 aromatic rings. The Labute approximate surface area is 90.7 Å². The molecular weight excluding hydrogens is 182 g/mol. The van der Waals surface area contributed by atoms with Crippen molar-refractivity contribution in [3.8, 4) is 12.3 Å². The van der Waals surface area contributed by atoms with Crippen molar-refractivity contribution in [3.05, 3.63) is 35.4 Å². The van der Waals surface area contributed by atoms with E-state index in [0.29, 0.717) is 11.8 Å². The first-order chi connectivity index (χ1) is 7.33. The van der Waals surface area contributed by atoms with Crippen LogP contribution in [-0.4, -0.2) is 6.04 Å². The molecule has 4 unspecified atom stereocenters. The number of terminal acetylenes is 1. The van der Waals surface area contributed by atoms with E-state index >= 15 is 0 Å². The largest absolute Gasteiger partial charge is 0.317 e. The maximum absolute atomic E-state index is 5.96. The third kappa shape index (κ3) is 1.22. The molecule has 1 heteroatoms. The lowest BCUT2D eigenvalue weighted by Crippen LogP contribution is -2.21. The molecule has 15 heavy (non-hydrogen) atoms. The predicted octanol–water partition coefficient (Wildman–Crippen LogP) is 1.92. The van der Waals surface area contributed by atoms with Crippen molar-refractivity contribution in [2.75, 3.05) is 0 Å². The van der Waals surface area contributed by atoms with Gasteiger partial charge in [0, 0.05) is 0 Å². The van der Waals surface area contributed by atoms with Crippen LogP contribution in [0.3, 0.4) is 0 Å². The van der Waals surface area contributed by atoms with E-state index < -0.39 is 0 Å². The number of fused-ring (bicyclic) bond motifs is 3. The molecular formula is C14H15N. The van der Waals surface area contributed by atoms with E-state index in [1.807, 2.05) is 0 Å². The van der Waals surface area contributed by atoms with E-state index in [4.69, 9.17) is 12.2 Å². The number of aryl methyl sites for hydroxylation is 1. The number of benzene rings is 1. The molecule has 1 fully saturated rings. The Morgan fingerprint density at radius 3 is 3.00 bits per heavy atom. The summed E-state index contributed by atoms with van der Waals surface area (Å²) in [6.07, 6.45) is 7.88. The van der Waals surface area contributed by atoms with Gasteiger partial charge in [-0.15, -0.1) is 6.42 Å². The Hall–Kier alpha value is -1.26. The Morgan fingerprint density at radius 2 is 2.20 bits per heavy atom. The van der Waals surface area contributed by atoms with Gasteiger partial charge in [-0.25, -0.2) is 0 Å². The van der Waals surface area contributed by atoms with Crippen molar-refractivity contribution < 1.29 is 0 Å². The average Bonchev–Trinajstić information content (AvgIpc) is 3.02. The Kier molecular flexibility index (Phi) is 1.87. The van der Waals surface area contributed by atoms with Crippen molar-refractivity contribution in [2.24, 2.45) is 17.6 Å². The fourth-order valence-electron chi connectivity index (χ4n) is 3.22. The average molecular weight is 197 g/mol. The summed E-state index contributed by atoms with van der Waals surface area (Å²) in [4.78, 5) is 0. The van der Waals surface area contributed by atoms with Gasteiger partial charge in [0.25, 0.3) is 0 Å². The Bertz CT molecular complexity index is 429. The summed E-state index contributed by atoms with van der Waals surface area (Å²) in [7, 11) is 0. The molecule has 0 bridgehead atoms. The van der Waals surface area contributed by atoms with Gasteiger partial charge in [0.2, 0.25) is 0 Å². The van der Waals surface area contributed by atoms with Gasteiger partial charge in [0.15, 0.2) is 0 Å². The fraction of sp³-hybridized carbons (Fsp3) is 0.429. The first-order valence-electron chi connectivity index (χ1n) is 5.62. The lowest BCUT2D eigenvalue weighted by Gasteiger charge is -2.13. The minimum atomic E-state index is -0.0499. The maximum atomic E-state index is 5.96. The Balaban J connectivity index is 1.94. The zero-order chi connectivity index (χ0) is 10.4. The molecule has 1 nitrogen and oxygen atoms in total. The van der Waals surface area contributed by atoms with E-state index in [0.717, 1.165) is 5.92 Å². The second-order valence-corrected chi connectivity index (χ2v) is 4.70. The van der Waals surface area contributed by atoms with Crippen LogP contribution >= 0.6 is 0 Å². The van der Waals surface area contributed by atoms with Gasteiger partial charge in [0.05, 0.1) is 6.04 Å². The fourth-order valence-corrected chi connectivity index (χ4v) is 3.22. The quantitative estimate of drug-likeness (QED) is 0.684. The molecule has 1 saturated carbocycles. The number of hydrogen-bond donors (Lipinski definition) is 1. The van der Waals surface area contributed by atoms with Gasteiger partial charge in [-0.1, -0.05) is 30.2 Å². The van der Waals surface area contributed by atoms with Gasteiger partial charge in [0.1, 0.15) is 0 Å². The summed E-state index contributed by atoms with van der Waals surface area (Å²) in [6.45, 7) is 0. The second kappa shape index (κ2) is 3.12. The molecule has 1 aromatic carbocycles. The van der Waals surface area contributed by atoms with Gasteiger partial charge < -0.3 is 5.73 Å². The highest BCUT2D eigenvalue weighted by Crippen LogP contribution is 2.60. The molecule has 0 saturated heterocycles. The number of nitrogens with two attached hydrogens (primary N) is 1. The van der Waals surface area contributed by atoms with E-state index in [1.165, 1.54) is 24.0 Å². The van der Waals surface area contributed by atoms with Crippen molar-refractivity contribution in [1.29, 1.82) is 0 Å². The van der Waals surface area contributed by atoms with Crippen LogP contribution < -0.4 is 5.73 Å². The predicted molar refractivity (Wildman–Crippen MR) is 61.3 cm³/mol. The topological polar surface area (TPSA) is 26.0 Å². The standard InChI is InChI=1S/C14H15N/c1-2-12(15)14-11-8-7-9-5-3-4-6-10(9)13(11)14/h1,3-6,11-14H,7-8,15H2. The van der Waals surface area contributed by atoms with Crippen LogP contribution in [0.1, 0.15) is 23.5 Å². The first-order valence-corrected chi connectivity index (χ1v) is 5.62. The van der Waals surface area contributed by atoms with Crippen LogP contribution in [0.4, 0.5) is 0 Å². The van der Waals surface area contributed by atoms with Crippen LogP contribution in [0.2, 0.25) is 0 Å². The van der Waals surface area contributed by atoms with E-state index in [2.05, 4.69) is 30.2 Å². The lowest BCUT2D eigenvalue weighted by molar-refractivity contribution is 0.604. The highest BCUT2D eigenvalue weighted by molar-refractivity contribution is 5.40. The van der Waals surface area contributed by atoms with Crippen LogP contribution in [0, 0.1) is 24.2 Å². The van der Waals surface area contributed by atoms with E-state index in [1.54, 1.807) is 0 Å². The summed E-state index contributed by atoms with van der Waals surface area (Å²) in [6, 6.07) is 8.68. The molecule has 2 N–H and O–H groups in total. The summed E-state index contributed by atoms with van der Waals surface area (Å²) >= 11 is 0. The van der Waals surface area contributed by atoms with Crippen LogP contribution in [-0.2, 0) is 6.42 Å². The lowest BCUT2D eigenvalue weighted by atomic mass is 9.92. The van der Waals surface area contributed by atoms with Gasteiger partial charge in [-0.05, 0) is 41.7 Å². The van der Waals surface area contributed by atoms with Crippen molar-refractivity contribution in [3.63, 3.8) is 0 Å². The zero-order valence-electron chi connectivity index (χ0n) is 8.69. The molecule has 0 amide bonds. The molecule has 3 rings (SSSR count). The molecule has 0 aliphatic heterocycles. The van der Waals surface area contributed by atoms with E-state index in [-0.39, 0.29) is 6.04 Å². The number of rotatable bonds is 1. The Morgan fingerprint density at radius 1 is 1.40 bits per heavy atom. The maximum Gasteiger partial charge on any atom is 0.0699 e. The third-order valence-electron chi connectivity index (χ3n) is 4.00. The molecule has 2 aliphatic rings. The summed E-state index contributed by atoms with van der Waals surface area (Å²) in [5.74, 6) is 4.64. The monoisotopic (exact) mass is 197 g/mol. The van der Waals surface area contributed by atoms with Crippen LogP contribution in [0.5, 0.6) is 0 Å². The minimum absolute atomic E-state index is 0.0499. The third-order valence-corrected chi connectivity index (χ3v) is 4.00. The normalized spacial score (nSPS) is 33.5. The summed E-state index contributed by atoms with van der Waals surface area (Å²) in [5.41, 5.74) is 8.97. The van der Waals surface area contributed by atoms with Gasteiger partial charge >= 0.3 is 0 Å². The highest BCUT2D eigenvalue weighted by atomic mass is 14.7. The molecule has 0 spiro atoms. The minimum Gasteiger partial charge on any atom is -0.317 e. The smallest absolute Gasteiger partial charge is 0.0699 e. The zero-order valence-corrected chi connectivity index (χ0v) is 8.69. The molecule has 0 radical (unpaired) electrons. The van der Waals surface area contributed by atoms with Gasteiger partial charge in [-0.3, -0.25) is 0 Å². The molecule has 0 heterocycles. The van der Waals surface area contributed by atoms with Crippen LogP contribution in [0.15, 0.2) is 24.3 Å². The molecule has 4 atom stereocenters. The van der Waals surface area contributed by atoms with E-state index in [9.17, 15) is 0 Å². The SMILES string of the molecule is C#CC(N)C1C2CCc3ccccc3C21. The first kappa shape index (κ1) is 9.00. The second-order valence-electron chi connectivity index (χ2n) is 4.70. The van der Waals surface area contributed by atoms with Crippen molar-refractivity contribution in [2.45, 2.75) is 24.8 Å².